The van der Waals surface area contributed by atoms with Crippen molar-refractivity contribution in [1.29, 1.82) is 0 Å². The number of unbranched alkanes of at least 4 members (excludes halogenated alkanes) is 6. The van der Waals surface area contributed by atoms with Gasteiger partial charge in [-0.1, -0.05) is 58.8 Å². The molecule has 0 heterocycles. The molecule has 1 N–H and O–H groups in total. The number of hydrogen-bond donors (Lipinski definition) is 1. The van der Waals surface area contributed by atoms with Gasteiger partial charge in [-0.3, -0.25) is 0 Å². The summed E-state index contributed by atoms with van der Waals surface area (Å²) in [6.45, 7) is 14.6. The molecule has 0 radical (unpaired) electrons. The highest BCUT2D eigenvalue weighted by atomic mass is 32.2. The Labute approximate surface area is 165 Å². The molecular weight excluding hydrogens is 348 g/mol. The first-order chi connectivity index (χ1) is 12.0. The van der Waals surface area contributed by atoms with Crippen molar-refractivity contribution in [2.45, 2.75) is 123 Å². The first-order valence-electron chi connectivity index (χ1n) is 10.4. The maximum absolute atomic E-state index is 11.3. The fourth-order valence-corrected chi connectivity index (χ4v) is 3.47. The average Bonchev–Trinajstić information content (AvgIpc) is 2.51. The summed E-state index contributed by atoms with van der Waals surface area (Å²) in [6, 6.07) is 0. The van der Waals surface area contributed by atoms with Gasteiger partial charge in [-0.05, 0) is 47.0 Å². The minimum Gasteiger partial charge on any atom is -0.375 e. The molecule has 0 saturated carbocycles. The molecule has 0 aliphatic heterocycles. The zero-order chi connectivity index (χ0) is 20.2. The Balaban J connectivity index is 3.98. The first-order valence-corrected chi connectivity index (χ1v) is 11.5. The molecule has 0 aromatic carbocycles. The van der Waals surface area contributed by atoms with Crippen LogP contribution in [0.5, 0.6) is 0 Å². The minimum absolute atomic E-state index is 0.144. The molecule has 4 nitrogen and oxygen atoms in total. The zero-order valence-electron chi connectivity index (χ0n) is 18.3. The summed E-state index contributed by atoms with van der Waals surface area (Å²) >= 11 is -2.01. The molecule has 3 unspecified atom stereocenters. The van der Waals surface area contributed by atoms with Crippen molar-refractivity contribution in [3.63, 3.8) is 0 Å². The summed E-state index contributed by atoms with van der Waals surface area (Å²) in [5, 5.41) is 0. The van der Waals surface area contributed by atoms with Crippen molar-refractivity contribution in [3.05, 3.63) is 0 Å². The Morgan fingerprint density at radius 2 is 1.50 bits per heavy atom. The number of hydrogen-bond acceptors (Lipinski definition) is 3. The summed E-state index contributed by atoms with van der Waals surface area (Å²) in [7, 11) is 0. The van der Waals surface area contributed by atoms with E-state index in [1.165, 1.54) is 51.4 Å². The number of ether oxygens (including phenoxy) is 2. The average molecular weight is 393 g/mol. The van der Waals surface area contributed by atoms with Crippen molar-refractivity contribution in [1.82, 2.24) is 0 Å². The van der Waals surface area contributed by atoms with E-state index in [4.69, 9.17) is 9.47 Å². The van der Waals surface area contributed by atoms with Gasteiger partial charge in [-0.2, -0.15) is 0 Å². The van der Waals surface area contributed by atoms with Gasteiger partial charge in [0.1, 0.15) is 0 Å². The van der Waals surface area contributed by atoms with Crippen molar-refractivity contribution in [2.24, 2.45) is 5.92 Å². The van der Waals surface area contributed by atoms with Crippen LogP contribution in [-0.4, -0.2) is 32.0 Å². The molecular formula is C21H44O4S. The summed E-state index contributed by atoms with van der Waals surface area (Å²) in [5.74, 6) is 0.558. The van der Waals surface area contributed by atoms with E-state index in [1.54, 1.807) is 13.8 Å². The summed E-state index contributed by atoms with van der Waals surface area (Å²) in [4.78, 5) is -1.06. The van der Waals surface area contributed by atoms with Gasteiger partial charge in [0.25, 0.3) is 0 Å². The topological polar surface area (TPSA) is 55.8 Å². The largest absolute Gasteiger partial charge is 0.375 e. The third-order valence-electron chi connectivity index (χ3n) is 4.74. The molecule has 0 aromatic heterocycles. The second kappa shape index (κ2) is 13.2. The van der Waals surface area contributed by atoms with Gasteiger partial charge >= 0.3 is 0 Å². The lowest BCUT2D eigenvalue weighted by atomic mass is 9.99. The Morgan fingerprint density at radius 1 is 0.962 bits per heavy atom. The van der Waals surface area contributed by atoms with E-state index in [-0.39, 0.29) is 11.7 Å². The van der Waals surface area contributed by atoms with E-state index in [0.717, 1.165) is 6.61 Å². The molecule has 158 valence electrons. The van der Waals surface area contributed by atoms with E-state index >= 15 is 0 Å². The second-order valence-electron chi connectivity index (χ2n) is 8.87. The van der Waals surface area contributed by atoms with Crippen molar-refractivity contribution >= 4 is 11.1 Å². The molecule has 0 amide bonds. The molecule has 26 heavy (non-hydrogen) atoms. The van der Waals surface area contributed by atoms with Crippen LogP contribution in [0.4, 0.5) is 0 Å². The Hall–Kier alpha value is 0.0300. The third-order valence-corrected chi connectivity index (χ3v) is 5.68. The van der Waals surface area contributed by atoms with Gasteiger partial charge in [0.05, 0.1) is 11.7 Å². The molecule has 0 fully saturated rings. The molecule has 3 atom stereocenters. The quantitative estimate of drug-likeness (QED) is 0.247. The third kappa shape index (κ3) is 13.2. The predicted octanol–water partition coefficient (Wildman–Crippen LogP) is 6.31. The van der Waals surface area contributed by atoms with Crippen LogP contribution in [0.2, 0.25) is 0 Å². The van der Waals surface area contributed by atoms with E-state index in [2.05, 4.69) is 27.7 Å². The monoisotopic (exact) mass is 392 g/mol. The minimum atomic E-state index is -2.01. The zero-order valence-corrected chi connectivity index (χ0v) is 19.1. The van der Waals surface area contributed by atoms with Gasteiger partial charge < -0.3 is 14.0 Å². The Morgan fingerprint density at radius 3 is 2.04 bits per heavy atom. The van der Waals surface area contributed by atoms with Crippen LogP contribution in [-0.2, 0) is 20.6 Å². The molecule has 0 aromatic rings. The summed E-state index contributed by atoms with van der Waals surface area (Å²) in [6.07, 6.45) is 11.2. The van der Waals surface area contributed by atoms with Crippen LogP contribution in [0.1, 0.15) is 106 Å². The molecule has 0 aliphatic rings. The molecule has 0 saturated heterocycles. The van der Waals surface area contributed by atoms with Crippen LogP contribution in [0.3, 0.4) is 0 Å². The highest BCUT2D eigenvalue weighted by Crippen LogP contribution is 2.25. The fourth-order valence-electron chi connectivity index (χ4n) is 3.22. The Kier molecular flexibility index (Phi) is 13.3. The van der Waals surface area contributed by atoms with Gasteiger partial charge in [0, 0.05) is 13.0 Å². The summed E-state index contributed by atoms with van der Waals surface area (Å²) in [5.41, 5.74) is -0.305. The van der Waals surface area contributed by atoms with Gasteiger partial charge in [-0.15, -0.1) is 0 Å². The van der Waals surface area contributed by atoms with E-state index in [9.17, 15) is 8.76 Å². The molecule has 5 heteroatoms. The normalized spacial score (nSPS) is 16.5. The molecule has 0 aliphatic carbocycles. The lowest BCUT2D eigenvalue weighted by Gasteiger charge is -2.33. The molecule has 0 rings (SSSR count). The predicted molar refractivity (Wildman–Crippen MR) is 112 cm³/mol. The SMILES string of the molecule is CCCCCCCCCC(C)COC(C)(C)CC(C)OC(C)(C)S(=O)O. The van der Waals surface area contributed by atoms with Crippen LogP contribution in [0, 0.1) is 5.92 Å². The standard InChI is InChI=1S/C21H44O4S/c1-8-9-10-11-12-13-14-15-18(2)17-24-20(4,5)16-19(3)25-21(6,7)26(22)23/h18-19H,8-17H2,1-7H3,(H,22,23). The fraction of sp³-hybridized carbons (Fsp3) is 1.00. The second-order valence-corrected chi connectivity index (χ2v) is 10.3. The van der Waals surface area contributed by atoms with Crippen molar-refractivity contribution in [3.8, 4) is 0 Å². The van der Waals surface area contributed by atoms with Crippen molar-refractivity contribution in [2.75, 3.05) is 6.61 Å². The van der Waals surface area contributed by atoms with Crippen LogP contribution < -0.4 is 0 Å². The lowest BCUT2D eigenvalue weighted by Crippen LogP contribution is -2.38. The van der Waals surface area contributed by atoms with Crippen LogP contribution in [0.25, 0.3) is 0 Å². The highest BCUT2D eigenvalue weighted by Gasteiger charge is 2.31. The molecule has 0 bridgehead atoms. The Bertz CT molecular complexity index is 382. The maximum atomic E-state index is 11.3. The smallest absolute Gasteiger partial charge is 0.185 e. The van der Waals surface area contributed by atoms with Gasteiger partial charge in [0.15, 0.2) is 16.0 Å². The van der Waals surface area contributed by atoms with Crippen LogP contribution in [0.15, 0.2) is 0 Å². The summed E-state index contributed by atoms with van der Waals surface area (Å²) < 4.78 is 32.4. The van der Waals surface area contributed by atoms with E-state index in [1.807, 2.05) is 6.92 Å². The molecule has 0 spiro atoms. The van der Waals surface area contributed by atoms with E-state index in [0.29, 0.717) is 12.3 Å². The van der Waals surface area contributed by atoms with Crippen LogP contribution >= 0.6 is 0 Å². The van der Waals surface area contributed by atoms with Gasteiger partial charge in [0.2, 0.25) is 0 Å². The lowest BCUT2D eigenvalue weighted by molar-refractivity contribution is -0.0899. The first kappa shape index (κ1) is 26.0. The number of rotatable bonds is 16. The van der Waals surface area contributed by atoms with E-state index < -0.39 is 16.0 Å². The van der Waals surface area contributed by atoms with Gasteiger partial charge in [-0.25, -0.2) is 4.21 Å². The maximum Gasteiger partial charge on any atom is 0.185 e. The van der Waals surface area contributed by atoms with Crippen molar-refractivity contribution < 1.29 is 18.2 Å². The highest BCUT2D eigenvalue weighted by molar-refractivity contribution is 7.80.